The van der Waals surface area contributed by atoms with Crippen LogP contribution in [-0.2, 0) is 20.7 Å². The molecule has 0 bridgehead atoms. The number of carbonyl (C=O) groups is 2. The number of nitrogens with one attached hydrogen (secondary N) is 1. The molecule has 194 valence electrons. The molecule has 1 aliphatic rings. The molecule has 1 heterocycles. The molecule has 1 N–H and O–H groups in total. The van der Waals surface area contributed by atoms with Gasteiger partial charge in [0.2, 0.25) is 0 Å². The van der Waals surface area contributed by atoms with Crippen LogP contribution in [-0.4, -0.2) is 55.7 Å². The lowest BCUT2D eigenvalue weighted by molar-refractivity contribution is -0.138. The molecule has 0 aliphatic carbocycles. The van der Waals surface area contributed by atoms with Gasteiger partial charge in [0.05, 0.1) is 12.7 Å². The van der Waals surface area contributed by atoms with Gasteiger partial charge in [-0.3, -0.25) is 9.59 Å². The number of benzene rings is 2. The molecule has 0 saturated carbocycles. The van der Waals surface area contributed by atoms with Crippen molar-refractivity contribution < 1.29 is 23.5 Å². The van der Waals surface area contributed by atoms with E-state index in [4.69, 9.17) is 9.47 Å². The molecule has 0 spiro atoms. The maximum Gasteiger partial charge on any atom is 0.311 e. The van der Waals surface area contributed by atoms with Gasteiger partial charge < -0.3 is 19.7 Å². The minimum atomic E-state index is -0.872. The summed E-state index contributed by atoms with van der Waals surface area (Å²) in [5.74, 6) is -0.628. The Kier molecular flexibility index (Phi) is 11.5. The molecule has 1 amide bonds. The number of ether oxygens (including phenoxy) is 2. The number of halogens is 1. The number of morpholine rings is 1. The zero-order chi connectivity index (χ0) is 26.7. The van der Waals surface area contributed by atoms with Crippen LogP contribution in [0.5, 0.6) is 5.75 Å². The van der Waals surface area contributed by atoms with Crippen molar-refractivity contribution in [3.8, 4) is 22.9 Å². The highest BCUT2D eigenvalue weighted by Gasteiger charge is 2.27. The molecule has 1 saturated heterocycles. The molecule has 8 heteroatoms. The van der Waals surface area contributed by atoms with Crippen molar-refractivity contribution in [1.82, 2.24) is 10.2 Å². The van der Waals surface area contributed by atoms with E-state index in [1.807, 2.05) is 51.8 Å². The largest absolute Gasteiger partial charge is 0.426 e. The molecule has 2 aromatic rings. The van der Waals surface area contributed by atoms with Crippen LogP contribution in [0.15, 0.2) is 36.4 Å². The van der Waals surface area contributed by atoms with E-state index in [1.54, 1.807) is 24.3 Å². The van der Waals surface area contributed by atoms with Crippen LogP contribution >= 0.6 is 0 Å². The van der Waals surface area contributed by atoms with Gasteiger partial charge in [0.1, 0.15) is 23.7 Å². The van der Waals surface area contributed by atoms with E-state index in [1.165, 1.54) is 6.07 Å². The molecule has 3 rings (SSSR count). The molecule has 7 nitrogen and oxygen atoms in total. The van der Waals surface area contributed by atoms with E-state index >= 15 is 0 Å². The van der Waals surface area contributed by atoms with Gasteiger partial charge in [0.15, 0.2) is 0 Å². The minimum Gasteiger partial charge on any atom is -0.426 e. The lowest BCUT2D eigenvalue weighted by atomic mass is 9.99. The van der Waals surface area contributed by atoms with Crippen molar-refractivity contribution in [2.24, 2.45) is 0 Å². The Labute approximate surface area is 213 Å². The van der Waals surface area contributed by atoms with E-state index in [2.05, 4.69) is 5.32 Å². The highest BCUT2D eigenvalue weighted by Crippen LogP contribution is 2.28. The first-order chi connectivity index (χ1) is 17.3. The fourth-order valence-corrected chi connectivity index (χ4v) is 3.76. The zero-order valence-electron chi connectivity index (χ0n) is 21.8. The van der Waals surface area contributed by atoms with Crippen molar-refractivity contribution in [2.75, 3.05) is 26.7 Å². The van der Waals surface area contributed by atoms with Crippen molar-refractivity contribution in [3.05, 3.63) is 53.3 Å². The molecule has 1 aliphatic heterocycles. The van der Waals surface area contributed by atoms with Crippen LogP contribution < -0.4 is 10.1 Å². The monoisotopic (exact) mass is 497 g/mol. The number of carbonyl (C=O) groups excluding carboxylic acids is 2. The number of nitriles is 1. The molecule has 2 aromatic carbocycles. The predicted octanol–water partition coefficient (Wildman–Crippen LogP) is 4.41. The highest BCUT2D eigenvalue weighted by molar-refractivity contribution is 5.81. The molecular weight excluding hydrogens is 461 g/mol. The van der Waals surface area contributed by atoms with Crippen LogP contribution in [0.2, 0.25) is 0 Å². The summed E-state index contributed by atoms with van der Waals surface area (Å²) in [6, 6.07) is 11.3. The third-order valence-electron chi connectivity index (χ3n) is 5.70. The van der Waals surface area contributed by atoms with Gasteiger partial charge in [0.25, 0.3) is 5.91 Å². The van der Waals surface area contributed by atoms with Gasteiger partial charge in [-0.15, -0.1) is 0 Å². The average Bonchev–Trinajstić information content (AvgIpc) is 2.87. The van der Waals surface area contributed by atoms with Crippen LogP contribution in [0.3, 0.4) is 0 Å². The van der Waals surface area contributed by atoms with E-state index in [0.717, 1.165) is 17.7 Å². The van der Waals surface area contributed by atoms with Crippen LogP contribution in [0.25, 0.3) is 11.1 Å². The summed E-state index contributed by atoms with van der Waals surface area (Å²) in [6.07, 6.45) is 0.462. The number of aryl methyl sites for hydroxylation is 1. The normalized spacial score (nSPS) is 16.2. The number of esters is 1. The van der Waals surface area contributed by atoms with Gasteiger partial charge in [0, 0.05) is 25.9 Å². The van der Waals surface area contributed by atoms with Gasteiger partial charge >= 0.3 is 5.97 Å². The highest BCUT2D eigenvalue weighted by atomic mass is 19.1. The molecular formula is C28H36FN3O4. The van der Waals surface area contributed by atoms with Gasteiger partial charge in [-0.05, 0) is 60.8 Å². The first-order valence-corrected chi connectivity index (χ1v) is 12.4. The first-order valence-electron chi connectivity index (χ1n) is 12.4. The fraction of sp³-hybridized carbons (Fsp3) is 0.464. The smallest absolute Gasteiger partial charge is 0.311 e. The van der Waals surface area contributed by atoms with Crippen molar-refractivity contribution in [1.29, 1.82) is 5.26 Å². The standard InChI is InChI=1S/C26H30FN3O4.C2H6/c1-4-5-25(31)34-23-9-8-18(12-17(23)2)19-6-7-20(22(27)14-19)13-21(15-28)29-26(32)24-16-30(3)10-11-33-24;1-2/h6-9,12,14,21,24H,4-5,10-11,13,16H2,1-3H3,(H,29,32);1-2H3. The Hall–Kier alpha value is -3.28. The van der Waals surface area contributed by atoms with Crippen LogP contribution in [0, 0.1) is 24.1 Å². The first kappa shape index (κ1) is 29.0. The van der Waals surface area contributed by atoms with Crippen LogP contribution in [0.1, 0.15) is 44.7 Å². The molecule has 0 radical (unpaired) electrons. The summed E-state index contributed by atoms with van der Waals surface area (Å²) in [4.78, 5) is 26.2. The summed E-state index contributed by atoms with van der Waals surface area (Å²) >= 11 is 0. The maximum atomic E-state index is 14.9. The fourth-order valence-electron chi connectivity index (χ4n) is 3.76. The number of hydrogen-bond donors (Lipinski definition) is 1. The second kappa shape index (κ2) is 14.3. The van der Waals surface area contributed by atoms with Crippen molar-refractivity contribution in [2.45, 2.75) is 59.1 Å². The molecule has 0 aromatic heterocycles. The quantitative estimate of drug-likeness (QED) is 0.429. The van der Waals surface area contributed by atoms with Crippen molar-refractivity contribution in [3.63, 3.8) is 0 Å². The topological polar surface area (TPSA) is 91.7 Å². The summed E-state index contributed by atoms with van der Waals surface area (Å²) in [5.41, 5.74) is 2.54. The van der Waals surface area contributed by atoms with Crippen LogP contribution in [0.4, 0.5) is 4.39 Å². The third kappa shape index (κ3) is 8.14. The second-order valence-electron chi connectivity index (χ2n) is 8.53. The van der Waals surface area contributed by atoms with E-state index in [0.29, 0.717) is 42.9 Å². The van der Waals surface area contributed by atoms with Crippen molar-refractivity contribution >= 4 is 11.9 Å². The molecule has 1 fully saturated rings. The van der Waals surface area contributed by atoms with Gasteiger partial charge in [-0.1, -0.05) is 39.0 Å². The Morgan fingerprint density at radius 1 is 1.25 bits per heavy atom. The predicted molar refractivity (Wildman–Crippen MR) is 137 cm³/mol. The lowest BCUT2D eigenvalue weighted by Gasteiger charge is -2.29. The van der Waals surface area contributed by atoms with E-state index in [9.17, 15) is 19.2 Å². The Morgan fingerprint density at radius 3 is 2.56 bits per heavy atom. The zero-order valence-corrected chi connectivity index (χ0v) is 21.8. The minimum absolute atomic E-state index is 0.0439. The SMILES string of the molecule is CC.CCCC(=O)Oc1ccc(-c2ccc(CC(C#N)NC(=O)C3CN(C)CCO3)c(F)c2)cc1C. The molecule has 2 atom stereocenters. The lowest BCUT2D eigenvalue weighted by Crippen LogP contribution is -2.50. The Balaban J connectivity index is 0.00000222. The maximum absolute atomic E-state index is 14.9. The number of rotatable bonds is 8. The average molecular weight is 498 g/mol. The Bertz CT molecular complexity index is 1080. The molecule has 36 heavy (non-hydrogen) atoms. The number of likely N-dealkylation sites (N-methyl/N-ethyl adjacent to an activating group) is 1. The molecule has 2 unspecified atom stereocenters. The third-order valence-corrected chi connectivity index (χ3v) is 5.70. The number of amides is 1. The summed E-state index contributed by atoms with van der Waals surface area (Å²) in [7, 11) is 1.90. The summed E-state index contributed by atoms with van der Waals surface area (Å²) in [6.45, 7) is 9.38. The van der Waals surface area contributed by atoms with Gasteiger partial charge in [-0.2, -0.15) is 5.26 Å². The summed E-state index contributed by atoms with van der Waals surface area (Å²) < 4.78 is 25.7. The number of hydrogen-bond acceptors (Lipinski definition) is 6. The second-order valence-corrected chi connectivity index (χ2v) is 8.53. The Morgan fingerprint density at radius 2 is 1.94 bits per heavy atom. The summed E-state index contributed by atoms with van der Waals surface area (Å²) in [5, 5.41) is 12.1. The van der Waals surface area contributed by atoms with E-state index in [-0.39, 0.29) is 18.3 Å². The number of nitrogens with zero attached hydrogens (tertiary/aromatic N) is 2. The van der Waals surface area contributed by atoms with Gasteiger partial charge in [-0.25, -0.2) is 4.39 Å². The van der Waals surface area contributed by atoms with E-state index < -0.39 is 18.0 Å².